The number of rotatable bonds is 4. The molecule has 156 valence electrons. The number of allylic oxidation sites excluding steroid dienone is 1. The van der Waals surface area contributed by atoms with Crippen molar-refractivity contribution in [1.29, 1.82) is 5.41 Å². The molecule has 3 aliphatic rings. The molecular weight excluding hydrogens is 399 g/mol. The fraction of sp³-hybridized carbons (Fsp3) is 0.154. The van der Waals surface area contributed by atoms with Crippen LogP contribution in [0.1, 0.15) is 12.5 Å². The third-order valence-corrected chi connectivity index (χ3v) is 6.21. The monoisotopic (exact) mass is 420 g/mol. The van der Waals surface area contributed by atoms with Crippen molar-refractivity contribution in [2.75, 3.05) is 13.2 Å². The zero-order chi connectivity index (χ0) is 21.7. The third kappa shape index (κ3) is 2.94. The van der Waals surface area contributed by atoms with Crippen molar-refractivity contribution in [3.05, 3.63) is 72.3 Å². The van der Waals surface area contributed by atoms with Crippen LogP contribution >= 0.6 is 0 Å². The lowest BCUT2D eigenvalue weighted by Gasteiger charge is -2.33. The topological polar surface area (TPSA) is 63.9 Å². The predicted molar refractivity (Wildman–Crippen MR) is 128 cm³/mol. The van der Waals surface area contributed by atoms with E-state index in [1.165, 1.54) is 6.21 Å². The molecule has 0 radical (unpaired) electrons. The molecule has 5 nitrogen and oxygen atoms in total. The molecule has 0 saturated heterocycles. The summed E-state index contributed by atoms with van der Waals surface area (Å²) in [6.45, 7) is 3.40. The summed E-state index contributed by atoms with van der Waals surface area (Å²) in [6, 6.07) is 20.4. The van der Waals surface area contributed by atoms with Crippen molar-refractivity contribution < 1.29 is 14.2 Å². The van der Waals surface area contributed by atoms with Crippen molar-refractivity contribution in [2.24, 2.45) is 10.9 Å². The maximum absolute atomic E-state index is 8.06. The van der Waals surface area contributed by atoms with Crippen LogP contribution in [0, 0.1) is 11.3 Å². The summed E-state index contributed by atoms with van der Waals surface area (Å²) in [7, 11) is 0. The molecule has 3 aliphatic heterocycles. The highest BCUT2D eigenvalue weighted by Crippen LogP contribution is 2.36. The molecular formula is C26H21BN2O3. The number of fused-ring (bicyclic) bond motifs is 4. The Labute approximate surface area is 187 Å². The Kier molecular flexibility index (Phi) is 4.39. The second-order valence-corrected chi connectivity index (χ2v) is 8.22. The van der Waals surface area contributed by atoms with Crippen LogP contribution in [0.3, 0.4) is 0 Å². The van der Waals surface area contributed by atoms with Gasteiger partial charge in [0.05, 0.1) is 12.5 Å². The molecule has 32 heavy (non-hydrogen) atoms. The molecule has 0 saturated carbocycles. The fourth-order valence-corrected chi connectivity index (χ4v) is 4.76. The van der Waals surface area contributed by atoms with Gasteiger partial charge in [-0.3, -0.25) is 4.99 Å². The summed E-state index contributed by atoms with van der Waals surface area (Å²) in [5.41, 5.74) is 4.95. The molecule has 0 amide bonds. The van der Waals surface area contributed by atoms with Gasteiger partial charge in [-0.25, -0.2) is 0 Å². The van der Waals surface area contributed by atoms with Crippen molar-refractivity contribution >= 4 is 40.8 Å². The molecule has 0 aromatic heterocycles. The number of hydrogen-bond donors (Lipinski definition) is 1. The first-order chi connectivity index (χ1) is 15.7. The van der Waals surface area contributed by atoms with E-state index in [9.17, 15) is 0 Å². The van der Waals surface area contributed by atoms with E-state index in [2.05, 4.69) is 17.1 Å². The smallest absolute Gasteiger partial charge is 0.260 e. The van der Waals surface area contributed by atoms with E-state index in [4.69, 9.17) is 19.6 Å². The van der Waals surface area contributed by atoms with Crippen LogP contribution in [0.4, 0.5) is 0 Å². The molecule has 3 heterocycles. The van der Waals surface area contributed by atoms with Gasteiger partial charge in [-0.15, -0.1) is 0 Å². The average molecular weight is 420 g/mol. The quantitative estimate of drug-likeness (QED) is 0.358. The third-order valence-electron chi connectivity index (χ3n) is 6.21. The van der Waals surface area contributed by atoms with E-state index in [0.717, 1.165) is 56.4 Å². The molecule has 0 spiro atoms. The standard InChI is InChI=1S/C26H21BN2O3/c1-16(26-29-10-11-30-26)12-18(15-28)17-13-23-25-24(14-17)32-22-9-5-3-7-20(22)27(25)19-6-2-4-8-21(19)31-23/h2-9,12-16,28H,10-11H2,1H3/b18-12+,28-15?. The average Bonchev–Trinajstić information content (AvgIpc) is 3.37. The zero-order valence-electron chi connectivity index (χ0n) is 17.7. The molecule has 6 heteroatoms. The van der Waals surface area contributed by atoms with Gasteiger partial charge in [0.2, 0.25) is 0 Å². The highest BCUT2D eigenvalue weighted by atomic mass is 16.5. The summed E-state index contributed by atoms with van der Waals surface area (Å²) in [5.74, 6) is 3.95. The SMILES string of the molecule is CC(/C=C(\C=N)c1cc2c3c(c1)Oc1ccccc1B3c1ccccc1O2)C1=NCCO1. The van der Waals surface area contributed by atoms with Crippen molar-refractivity contribution in [3.8, 4) is 23.0 Å². The van der Waals surface area contributed by atoms with Gasteiger partial charge in [-0.1, -0.05) is 49.4 Å². The highest BCUT2D eigenvalue weighted by Gasteiger charge is 2.40. The number of nitrogens with zero attached hydrogens (tertiary/aromatic N) is 1. The number of benzene rings is 3. The molecule has 1 unspecified atom stereocenters. The summed E-state index contributed by atoms with van der Waals surface area (Å²) in [4.78, 5) is 4.42. The number of hydrogen-bond acceptors (Lipinski definition) is 5. The maximum Gasteiger partial charge on any atom is 0.260 e. The molecule has 1 atom stereocenters. The minimum Gasteiger partial charge on any atom is -0.479 e. The number of aliphatic imine (C=N–C) groups is 1. The molecule has 1 N–H and O–H groups in total. The van der Waals surface area contributed by atoms with Crippen LogP contribution in [0.2, 0.25) is 0 Å². The van der Waals surface area contributed by atoms with E-state index in [1.54, 1.807) is 0 Å². The Morgan fingerprint density at radius 2 is 1.59 bits per heavy atom. The predicted octanol–water partition coefficient (Wildman–Crippen LogP) is 3.51. The molecule has 0 fully saturated rings. The van der Waals surface area contributed by atoms with Gasteiger partial charge in [0, 0.05) is 11.7 Å². The lowest BCUT2D eigenvalue weighted by molar-refractivity contribution is 0.332. The number of nitrogens with one attached hydrogen (secondary N) is 1. The molecule has 0 bridgehead atoms. The minimum absolute atomic E-state index is 0.0162. The summed E-state index contributed by atoms with van der Waals surface area (Å²) in [5, 5.41) is 8.06. The number of para-hydroxylation sites is 2. The van der Waals surface area contributed by atoms with Gasteiger partial charge in [-0.05, 0) is 46.3 Å². The first kappa shape index (κ1) is 18.9. The van der Waals surface area contributed by atoms with Crippen LogP contribution in [0.15, 0.2) is 71.7 Å². The van der Waals surface area contributed by atoms with Crippen molar-refractivity contribution in [1.82, 2.24) is 0 Å². The van der Waals surface area contributed by atoms with Gasteiger partial charge in [-0.2, -0.15) is 0 Å². The normalized spacial score (nSPS) is 16.5. The van der Waals surface area contributed by atoms with Gasteiger partial charge in [0.25, 0.3) is 6.71 Å². The second-order valence-electron chi connectivity index (χ2n) is 8.22. The lowest BCUT2D eigenvalue weighted by atomic mass is 9.35. The Balaban J connectivity index is 1.51. The molecule has 3 aromatic rings. The second kappa shape index (κ2) is 7.41. The maximum atomic E-state index is 8.06. The van der Waals surface area contributed by atoms with Gasteiger partial charge in [0.1, 0.15) is 29.6 Å². The summed E-state index contributed by atoms with van der Waals surface area (Å²) >= 11 is 0. The van der Waals surface area contributed by atoms with Gasteiger partial charge < -0.3 is 19.6 Å². The minimum atomic E-state index is -0.0162. The van der Waals surface area contributed by atoms with Crippen LogP contribution < -0.4 is 25.9 Å². The Morgan fingerprint density at radius 1 is 0.969 bits per heavy atom. The van der Waals surface area contributed by atoms with E-state index in [-0.39, 0.29) is 12.6 Å². The van der Waals surface area contributed by atoms with E-state index in [1.807, 2.05) is 61.5 Å². The van der Waals surface area contributed by atoms with Crippen molar-refractivity contribution in [2.45, 2.75) is 6.92 Å². The Hall–Kier alpha value is -3.80. The first-order valence-electron chi connectivity index (χ1n) is 10.8. The van der Waals surface area contributed by atoms with Crippen LogP contribution in [0.25, 0.3) is 5.57 Å². The zero-order valence-corrected chi connectivity index (χ0v) is 17.7. The Bertz CT molecular complexity index is 1240. The van der Waals surface area contributed by atoms with E-state index >= 15 is 0 Å². The van der Waals surface area contributed by atoms with Crippen LogP contribution in [0.5, 0.6) is 23.0 Å². The largest absolute Gasteiger partial charge is 0.479 e. The van der Waals surface area contributed by atoms with Gasteiger partial charge >= 0.3 is 0 Å². The molecule has 6 rings (SSSR count). The van der Waals surface area contributed by atoms with Crippen LogP contribution in [-0.2, 0) is 4.74 Å². The van der Waals surface area contributed by atoms with E-state index < -0.39 is 0 Å². The van der Waals surface area contributed by atoms with Crippen molar-refractivity contribution in [3.63, 3.8) is 0 Å². The molecule has 0 aliphatic carbocycles. The molecule has 3 aromatic carbocycles. The first-order valence-corrected chi connectivity index (χ1v) is 10.8. The van der Waals surface area contributed by atoms with E-state index in [0.29, 0.717) is 13.2 Å². The highest BCUT2D eigenvalue weighted by molar-refractivity contribution is 6.98. The van der Waals surface area contributed by atoms with Gasteiger partial charge in [0.15, 0.2) is 5.90 Å². The Morgan fingerprint density at radius 3 is 2.16 bits per heavy atom. The summed E-state index contributed by atoms with van der Waals surface area (Å²) < 4.78 is 18.3. The summed E-state index contributed by atoms with van der Waals surface area (Å²) in [6.07, 6.45) is 3.38. The fourth-order valence-electron chi connectivity index (χ4n) is 4.76. The van der Waals surface area contributed by atoms with Crippen LogP contribution in [-0.4, -0.2) is 32.0 Å². The lowest BCUT2D eigenvalue weighted by Crippen LogP contribution is -2.57. The number of ether oxygens (including phenoxy) is 3.